The zero-order valence-electron chi connectivity index (χ0n) is 14.7. The molecule has 2 aliphatic rings. The Morgan fingerprint density at radius 3 is 2.32 bits per heavy atom. The van der Waals surface area contributed by atoms with Gasteiger partial charge in [-0.1, -0.05) is 6.92 Å². The number of carbonyl (C=O) groups is 3. The maximum absolute atomic E-state index is 12.5. The van der Waals surface area contributed by atoms with E-state index < -0.39 is 5.97 Å². The van der Waals surface area contributed by atoms with Crippen LogP contribution in [0.2, 0.25) is 0 Å². The summed E-state index contributed by atoms with van der Waals surface area (Å²) in [4.78, 5) is 38.1. The molecule has 2 amide bonds. The smallest absolute Gasteiger partial charge is 0.337 e. The summed E-state index contributed by atoms with van der Waals surface area (Å²) in [5.74, 6) is -0.172. The zero-order valence-corrected chi connectivity index (χ0v) is 14.7. The van der Waals surface area contributed by atoms with Crippen LogP contribution in [0.4, 0.5) is 5.69 Å². The molecule has 1 saturated carbocycles. The van der Waals surface area contributed by atoms with Gasteiger partial charge < -0.3 is 15.0 Å². The second-order valence-electron chi connectivity index (χ2n) is 7.01. The van der Waals surface area contributed by atoms with E-state index in [4.69, 9.17) is 0 Å². The second kappa shape index (κ2) is 7.25. The Balaban J connectivity index is 1.51. The molecule has 1 saturated heterocycles. The maximum atomic E-state index is 12.5. The summed E-state index contributed by atoms with van der Waals surface area (Å²) in [5, 5.41) is 2.82. The summed E-state index contributed by atoms with van der Waals surface area (Å²) < 4.78 is 4.64. The van der Waals surface area contributed by atoms with E-state index in [1.54, 1.807) is 24.3 Å². The van der Waals surface area contributed by atoms with Crippen molar-refractivity contribution in [1.29, 1.82) is 0 Å². The summed E-state index contributed by atoms with van der Waals surface area (Å²) in [6.07, 6.45) is 2.71. The molecule has 0 radical (unpaired) electrons. The average molecular weight is 344 g/mol. The number of nitrogens with zero attached hydrogens (tertiary/aromatic N) is 1. The molecule has 0 bridgehead atoms. The van der Waals surface area contributed by atoms with Crippen molar-refractivity contribution in [2.75, 3.05) is 25.5 Å². The number of amides is 2. The lowest BCUT2D eigenvalue weighted by Crippen LogP contribution is -2.39. The molecule has 1 aromatic carbocycles. The molecule has 1 aliphatic carbocycles. The lowest BCUT2D eigenvalue weighted by molar-refractivity contribution is -0.135. The van der Waals surface area contributed by atoms with Crippen molar-refractivity contribution in [3.8, 4) is 0 Å². The summed E-state index contributed by atoms with van der Waals surface area (Å²) in [6.45, 7) is 3.82. The molecule has 6 heteroatoms. The van der Waals surface area contributed by atoms with Crippen molar-refractivity contribution in [3.05, 3.63) is 29.8 Å². The van der Waals surface area contributed by atoms with E-state index in [9.17, 15) is 14.4 Å². The largest absolute Gasteiger partial charge is 0.465 e. The number of hydrogen-bond donors (Lipinski definition) is 1. The quantitative estimate of drug-likeness (QED) is 0.851. The van der Waals surface area contributed by atoms with Gasteiger partial charge in [0.15, 0.2) is 0 Å². The van der Waals surface area contributed by atoms with Crippen LogP contribution in [0.5, 0.6) is 0 Å². The van der Waals surface area contributed by atoms with E-state index >= 15 is 0 Å². The minimum absolute atomic E-state index is 0.119. The van der Waals surface area contributed by atoms with Gasteiger partial charge >= 0.3 is 5.97 Å². The molecule has 0 spiro atoms. The predicted molar refractivity (Wildman–Crippen MR) is 93.0 cm³/mol. The Hall–Kier alpha value is -2.37. The molecule has 0 aromatic heterocycles. The van der Waals surface area contributed by atoms with Crippen LogP contribution in [0.25, 0.3) is 0 Å². The van der Waals surface area contributed by atoms with Gasteiger partial charge in [0.25, 0.3) is 0 Å². The number of methoxy groups -OCH3 is 1. The van der Waals surface area contributed by atoms with Crippen LogP contribution in [0, 0.1) is 17.8 Å². The number of rotatable bonds is 4. The number of esters is 1. The predicted octanol–water partition coefficient (Wildman–Crippen LogP) is 2.31. The summed E-state index contributed by atoms with van der Waals surface area (Å²) >= 11 is 0. The highest BCUT2D eigenvalue weighted by molar-refractivity contribution is 6.00. The number of hydrogen-bond acceptors (Lipinski definition) is 4. The molecule has 25 heavy (non-hydrogen) atoms. The van der Waals surface area contributed by atoms with Gasteiger partial charge in [0.2, 0.25) is 11.8 Å². The van der Waals surface area contributed by atoms with Gasteiger partial charge in [0.05, 0.1) is 24.5 Å². The number of carbonyl (C=O) groups excluding carboxylic acids is 3. The van der Waals surface area contributed by atoms with Crippen LogP contribution in [0.15, 0.2) is 24.3 Å². The van der Waals surface area contributed by atoms with Crippen molar-refractivity contribution in [1.82, 2.24) is 4.90 Å². The number of ether oxygens (including phenoxy) is 1. The zero-order chi connectivity index (χ0) is 18.0. The summed E-state index contributed by atoms with van der Waals surface area (Å²) in [6, 6.07) is 6.53. The van der Waals surface area contributed by atoms with Crippen molar-refractivity contribution in [3.63, 3.8) is 0 Å². The summed E-state index contributed by atoms with van der Waals surface area (Å²) in [7, 11) is 1.32. The molecular weight excluding hydrogens is 320 g/mol. The molecule has 1 N–H and O–H groups in total. The molecule has 1 aromatic rings. The molecule has 1 aliphatic heterocycles. The van der Waals surface area contributed by atoms with Gasteiger partial charge in [-0.25, -0.2) is 4.79 Å². The lowest BCUT2D eigenvalue weighted by atomic mass is 9.99. The van der Waals surface area contributed by atoms with E-state index in [-0.39, 0.29) is 23.7 Å². The second-order valence-corrected chi connectivity index (χ2v) is 7.01. The fourth-order valence-corrected chi connectivity index (χ4v) is 3.26. The van der Waals surface area contributed by atoms with Gasteiger partial charge in [0, 0.05) is 18.8 Å². The average Bonchev–Trinajstić information content (AvgIpc) is 3.42. The third-order valence-corrected chi connectivity index (χ3v) is 5.11. The van der Waals surface area contributed by atoms with Crippen LogP contribution in [0.3, 0.4) is 0 Å². The molecule has 1 heterocycles. The molecule has 3 rings (SSSR count). The minimum atomic E-state index is -0.415. The van der Waals surface area contributed by atoms with Gasteiger partial charge in [-0.2, -0.15) is 0 Å². The fourth-order valence-electron chi connectivity index (χ4n) is 3.26. The number of anilines is 1. The lowest BCUT2D eigenvalue weighted by Gasteiger charge is -2.30. The molecule has 134 valence electrons. The van der Waals surface area contributed by atoms with Crippen molar-refractivity contribution < 1.29 is 19.1 Å². The Morgan fingerprint density at radius 2 is 1.72 bits per heavy atom. The number of benzene rings is 1. The Morgan fingerprint density at radius 1 is 1.08 bits per heavy atom. The maximum Gasteiger partial charge on any atom is 0.337 e. The molecule has 2 fully saturated rings. The SMILES string of the molecule is COC(=O)c1ccc(NC(=O)C2CC2C(=O)N2CCC(C)CC2)cc1. The Bertz CT molecular complexity index is 663. The monoisotopic (exact) mass is 344 g/mol. The number of piperidine rings is 1. The van der Waals surface area contributed by atoms with Gasteiger partial charge in [-0.15, -0.1) is 0 Å². The first-order chi connectivity index (χ1) is 12.0. The topological polar surface area (TPSA) is 75.7 Å². The van der Waals surface area contributed by atoms with E-state index in [1.165, 1.54) is 7.11 Å². The molecule has 2 unspecified atom stereocenters. The minimum Gasteiger partial charge on any atom is -0.465 e. The standard InChI is InChI=1S/C19H24N2O4/c1-12-7-9-21(10-8-12)18(23)16-11-15(16)17(22)20-14-5-3-13(4-6-14)19(24)25-2/h3-6,12,15-16H,7-11H2,1-2H3,(H,20,22). The van der Waals surface area contributed by atoms with E-state index in [0.29, 0.717) is 23.6 Å². The molecular formula is C19H24N2O4. The highest BCUT2D eigenvalue weighted by Crippen LogP contribution is 2.41. The highest BCUT2D eigenvalue weighted by atomic mass is 16.5. The van der Waals surface area contributed by atoms with Crippen LogP contribution < -0.4 is 5.32 Å². The van der Waals surface area contributed by atoms with Gasteiger partial charge in [0.1, 0.15) is 0 Å². The third-order valence-electron chi connectivity index (χ3n) is 5.11. The first-order valence-corrected chi connectivity index (χ1v) is 8.77. The van der Waals surface area contributed by atoms with Crippen molar-refractivity contribution in [2.45, 2.75) is 26.2 Å². The van der Waals surface area contributed by atoms with Crippen molar-refractivity contribution >= 4 is 23.5 Å². The number of nitrogens with one attached hydrogen (secondary N) is 1. The molecule has 2 atom stereocenters. The first-order valence-electron chi connectivity index (χ1n) is 8.77. The van der Waals surface area contributed by atoms with E-state index in [0.717, 1.165) is 25.9 Å². The normalized spacial score (nSPS) is 23.0. The van der Waals surface area contributed by atoms with Crippen LogP contribution in [-0.2, 0) is 14.3 Å². The van der Waals surface area contributed by atoms with Gasteiger partial charge in [-0.05, 0) is 49.4 Å². The van der Waals surface area contributed by atoms with E-state index in [2.05, 4.69) is 17.0 Å². The Labute approximate surface area is 147 Å². The van der Waals surface area contributed by atoms with Crippen LogP contribution >= 0.6 is 0 Å². The van der Waals surface area contributed by atoms with E-state index in [1.807, 2.05) is 4.90 Å². The number of likely N-dealkylation sites (tertiary alicyclic amines) is 1. The van der Waals surface area contributed by atoms with Crippen LogP contribution in [-0.4, -0.2) is 42.9 Å². The first kappa shape index (κ1) is 17.5. The van der Waals surface area contributed by atoms with Crippen molar-refractivity contribution in [2.24, 2.45) is 17.8 Å². The third kappa shape index (κ3) is 4.00. The highest BCUT2D eigenvalue weighted by Gasteiger charge is 2.49. The fraction of sp³-hybridized carbons (Fsp3) is 0.526. The summed E-state index contributed by atoms with van der Waals surface area (Å²) in [5.41, 5.74) is 1.04. The van der Waals surface area contributed by atoms with Gasteiger partial charge in [-0.3, -0.25) is 9.59 Å². The molecule has 6 nitrogen and oxygen atoms in total. The van der Waals surface area contributed by atoms with Crippen LogP contribution in [0.1, 0.15) is 36.5 Å². The Kier molecular flexibility index (Phi) is 5.06.